The van der Waals surface area contributed by atoms with Gasteiger partial charge in [-0.05, 0) is 36.6 Å². The molecule has 1 fully saturated rings. The first-order chi connectivity index (χ1) is 8.19. The molecule has 1 unspecified atom stereocenters. The Morgan fingerprint density at radius 3 is 3.00 bits per heavy atom. The molecule has 0 amide bonds. The van der Waals surface area contributed by atoms with Crippen LogP contribution in [-0.2, 0) is 0 Å². The maximum Gasteiger partial charge on any atom is 0.126 e. The molecule has 2 heterocycles. The standard InChI is InChI=1S/C14H23N3/c1-4-17-8-6-13(10-17)16-14-9-12(11(2)3)5-7-15-14/h5,7,9,11,13H,4,6,8,10H2,1-3H3,(H,15,16). The van der Waals surface area contributed by atoms with E-state index in [1.165, 1.54) is 18.5 Å². The van der Waals surface area contributed by atoms with Gasteiger partial charge in [-0.2, -0.15) is 0 Å². The molecule has 0 aliphatic carbocycles. The van der Waals surface area contributed by atoms with Crippen LogP contribution in [0.2, 0.25) is 0 Å². The number of likely N-dealkylation sites (N-methyl/N-ethyl adjacent to an activating group) is 1. The average molecular weight is 233 g/mol. The summed E-state index contributed by atoms with van der Waals surface area (Å²) in [5, 5.41) is 3.55. The van der Waals surface area contributed by atoms with E-state index in [4.69, 9.17) is 0 Å². The van der Waals surface area contributed by atoms with E-state index >= 15 is 0 Å². The fourth-order valence-electron chi connectivity index (χ4n) is 2.33. The van der Waals surface area contributed by atoms with Gasteiger partial charge in [-0.15, -0.1) is 0 Å². The van der Waals surface area contributed by atoms with Gasteiger partial charge in [0, 0.05) is 25.3 Å². The van der Waals surface area contributed by atoms with Gasteiger partial charge >= 0.3 is 0 Å². The Labute approximate surface area is 104 Å². The first-order valence-electron chi connectivity index (χ1n) is 6.64. The molecule has 0 radical (unpaired) electrons. The van der Waals surface area contributed by atoms with Crippen LogP contribution in [0, 0.1) is 0 Å². The van der Waals surface area contributed by atoms with Crippen LogP contribution >= 0.6 is 0 Å². The summed E-state index contributed by atoms with van der Waals surface area (Å²) in [5.41, 5.74) is 1.35. The minimum atomic E-state index is 0.560. The Morgan fingerprint density at radius 1 is 1.53 bits per heavy atom. The van der Waals surface area contributed by atoms with Gasteiger partial charge in [-0.3, -0.25) is 0 Å². The van der Waals surface area contributed by atoms with E-state index in [0.29, 0.717) is 12.0 Å². The third-order valence-electron chi connectivity index (χ3n) is 3.52. The van der Waals surface area contributed by atoms with Crippen LogP contribution in [0.4, 0.5) is 5.82 Å². The van der Waals surface area contributed by atoms with Gasteiger partial charge in [0.05, 0.1) is 0 Å². The van der Waals surface area contributed by atoms with Crippen molar-refractivity contribution in [3.8, 4) is 0 Å². The number of nitrogens with zero attached hydrogens (tertiary/aromatic N) is 2. The van der Waals surface area contributed by atoms with Crippen molar-refractivity contribution < 1.29 is 0 Å². The Morgan fingerprint density at radius 2 is 2.35 bits per heavy atom. The highest BCUT2D eigenvalue weighted by Crippen LogP contribution is 2.19. The van der Waals surface area contributed by atoms with Crippen molar-refractivity contribution in [1.29, 1.82) is 0 Å². The summed E-state index contributed by atoms with van der Waals surface area (Å²) >= 11 is 0. The number of hydrogen-bond acceptors (Lipinski definition) is 3. The summed E-state index contributed by atoms with van der Waals surface area (Å²) in [7, 11) is 0. The lowest BCUT2D eigenvalue weighted by molar-refractivity contribution is 0.356. The molecule has 0 saturated carbocycles. The molecular formula is C14H23N3. The number of nitrogens with one attached hydrogen (secondary N) is 1. The molecule has 1 aliphatic rings. The van der Waals surface area contributed by atoms with Crippen LogP contribution in [0.25, 0.3) is 0 Å². The number of likely N-dealkylation sites (tertiary alicyclic amines) is 1. The Balaban J connectivity index is 1.97. The quantitative estimate of drug-likeness (QED) is 0.866. The van der Waals surface area contributed by atoms with Gasteiger partial charge in [-0.1, -0.05) is 20.8 Å². The molecule has 2 rings (SSSR count). The summed E-state index contributed by atoms with van der Waals surface area (Å²) in [6.07, 6.45) is 3.13. The summed E-state index contributed by atoms with van der Waals surface area (Å²) in [4.78, 5) is 6.88. The third kappa shape index (κ3) is 3.19. The van der Waals surface area contributed by atoms with E-state index in [0.717, 1.165) is 18.9 Å². The van der Waals surface area contributed by atoms with E-state index in [1.54, 1.807) is 0 Å². The zero-order valence-corrected chi connectivity index (χ0v) is 11.1. The Kier molecular flexibility index (Phi) is 4.00. The molecule has 3 heteroatoms. The molecule has 1 aromatic rings. The van der Waals surface area contributed by atoms with Crippen molar-refractivity contribution in [1.82, 2.24) is 9.88 Å². The molecule has 1 N–H and O–H groups in total. The fourth-order valence-corrected chi connectivity index (χ4v) is 2.33. The normalized spacial score (nSPS) is 21.1. The van der Waals surface area contributed by atoms with Gasteiger partial charge in [0.25, 0.3) is 0 Å². The maximum atomic E-state index is 4.41. The zero-order valence-electron chi connectivity index (χ0n) is 11.1. The maximum absolute atomic E-state index is 4.41. The van der Waals surface area contributed by atoms with E-state index in [1.807, 2.05) is 6.20 Å². The summed E-state index contributed by atoms with van der Waals surface area (Å²) in [5.74, 6) is 1.59. The van der Waals surface area contributed by atoms with Crippen molar-refractivity contribution >= 4 is 5.82 Å². The third-order valence-corrected chi connectivity index (χ3v) is 3.52. The molecule has 0 spiro atoms. The van der Waals surface area contributed by atoms with Gasteiger partial charge in [0.2, 0.25) is 0 Å². The van der Waals surface area contributed by atoms with E-state index in [-0.39, 0.29) is 0 Å². The second-order valence-corrected chi connectivity index (χ2v) is 5.15. The van der Waals surface area contributed by atoms with Crippen LogP contribution < -0.4 is 5.32 Å². The predicted octanol–water partition coefficient (Wildman–Crippen LogP) is 2.71. The second-order valence-electron chi connectivity index (χ2n) is 5.15. The first-order valence-corrected chi connectivity index (χ1v) is 6.64. The SMILES string of the molecule is CCN1CCC(Nc2cc(C(C)C)ccn2)C1. The smallest absolute Gasteiger partial charge is 0.126 e. The van der Waals surface area contributed by atoms with Crippen molar-refractivity contribution in [2.24, 2.45) is 0 Å². The summed E-state index contributed by atoms with van der Waals surface area (Å²) in [6.45, 7) is 10.2. The van der Waals surface area contributed by atoms with Crippen LogP contribution in [0.5, 0.6) is 0 Å². The number of pyridine rings is 1. The predicted molar refractivity (Wildman–Crippen MR) is 72.5 cm³/mol. The first kappa shape index (κ1) is 12.4. The summed E-state index contributed by atoms with van der Waals surface area (Å²) in [6, 6.07) is 4.84. The fraction of sp³-hybridized carbons (Fsp3) is 0.643. The molecule has 1 aromatic heterocycles. The van der Waals surface area contributed by atoms with Gasteiger partial charge in [0.1, 0.15) is 5.82 Å². The van der Waals surface area contributed by atoms with Crippen LogP contribution in [0.1, 0.15) is 38.7 Å². The average Bonchev–Trinajstić information content (AvgIpc) is 2.77. The number of rotatable bonds is 4. The van der Waals surface area contributed by atoms with E-state index in [2.05, 4.69) is 48.1 Å². The molecule has 1 saturated heterocycles. The molecule has 3 nitrogen and oxygen atoms in total. The van der Waals surface area contributed by atoms with Gasteiger partial charge in [0.15, 0.2) is 0 Å². The molecule has 1 atom stereocenters. The van der Waals surface area contributed by atoms with E-state index in [9.17, 15) is 0 Å². The molecule has 17 heavy (non-hydrogen) atoms. The number of aromatic nitrogens is 1. The van der Waals surface area contributed by atoms with Crippen LogP contribution in [-0.4, -0.2) is 35.6 Å². The molecule has 0 aromatic carbocycles. The molecule has 1 aliphatic heterocycles. The van der Waals surface area contributed by atoms with Crippen molar-refractivity contribution in [2.45, 2.75) is 39.2 Å². The minimum Gasteiger partial charge on any atom is -0.366 e. The second kappa shape index (κ2) is 5.50. The highest BCUT2D eigenvalue weighted by atomic mass is 15.2. The van der Waals surface area contributed by atoms with Crippen molar-refractivity contribution in [3.63, 3.8) is 0 Å². The minimum absolute atomic E-state index is 0.560. The largest absolute Gasteiger partial charge is 0.366 e. The Bertz CT molecular complexity index is 362. The number of hydrogen-bond donors (Lipinski definition) is 1. The number of anilines is 1. The highest BCUT2D eigenvalue weighted by Gasteiger charge is 2.21. The zero-order chi connectivity index (χ0) is 12.3. The topological polar surface area (TPSA) is 28.2 Å². The van der Waals surface area contributed by atoms with Crippen molar-refractivity contribution in [2.75, 3.05) is 25.0 Å². The molecule has 0 bridgehead atoms. The lowest BCUT2D eigenvalue weighted by atomic mass is 10.1. The highest BCUT2D eigenvalue weighted by molar-refractivity contribution is 5.39. The van der Waals surface area contributed by atoms with Crippen LogP contribution in [0.3, 0.4) is 0 Å². The van der Waals surface area contributed by atoms with E-state index < -0.39 is 0 Å². The van der Waals surface area contributed by atoms with Crippen molar-refractivity contribution in [3.05, 3.63) is 23.9 Å². The van der Waals surface area contributed by atoms with Gasteiger partial charge in [-0.25, -0.2) is 4.98 Å². The molecule has 94 valence electrons. The lowest BCUT2D eigenvalue weighted by Crippen LogP contribution is -2.26. The molecular weight excluding hydrogens is 210 g/mol. The summed E-state index contributed by atoms with van der Waals surface area (Å²) < 4.78 is 0. The monoisotopic (exact) mass is 233 g/mol. The Hall–Kier alpha value is -1.09. The van der Waals surface area contributed by atoms with Gasteiger partial charge < -0.3 is 10.2 Å². The lowest BCUT2D eigenvalue weighted by Gasteiger charge is -2.16. The van der Waals surface area contributed by atoms with Crippen LogP contribution in [0.15, 0.2) is 18.3 Å².